The van der Waals surface area contributed by atoms with Gasteiger partial charge in [-0.3, -0.25) is 19.8 Å². The Kier molecular flexibility index (Phi) is 5.72. The summed E-state index contributed by atoms with van der Waals surface area (Å²) in [4.78, 5) is 24.8. The van der Waals surface area contributed by atoms with E-state index >= 15 is 0 Å². The summed E-state index contributed by atoms with van der Waals surface area (Å²) in [6, 6.07) is 13.3. The first-order valence-corrected chi connectivity index (χ1v) is 9.08. The number of anilines is 1. The van der Waals surface area contributed by atoms with Crippen LogP contribution in [-0.2, 0) is 4.79 Å². The van der Waals surface area contributed by atoms with Gasteiger partial charge in [0, 0.05) is 17.8 Å². The van der Waals surface area contributed by atoms with Crippen molar-refractivity contribution in [2.75, 3.05) is 19.1 Å². The number of rotatable bonds is 6. The van der Waals surface area contributed by atoms with Crippen molar-refractivity contribution in [1.82, 2.24) is 4.90 Å². The summed E-state index contributed by atoms with van der Waals surface area (Å²) < 4.78 is 5.56. The fourth-order valence-electron chi connectivity index (χ4n) is 2.36. The molecule has 0 aromatic heterocycles. The van der Waals surface area contributed by atoms with E-state index in [-0.39, 0.29) is 18.3 Å². The topological polar surface area (TPSA) is 84.7 Å². The van der Waals surface area contributed by atoms with E-state index in [0.717, 1.165) is 11.4 Å². The van der Waals surface area contributed by atoms with E-state index in [1.54, 1.807) is 25.3 Å². The summed E-state index contributed by atoms with van der Waals surface area (Å²) in [5.41, 5.74) is 1.54. The van der Waals surface area contributed by atoms with Crippen LogP contribution in [0, 0.1) is 10.1 Å². The molecule has 0 unspecified atom stereocenters. The molecule has 0 aliphatic carbocycles. The van der Waals surface area contributed by atoms with E-state index in [1.165, 1.54) is 28.8 Å². The van der Waals surface area contributed by atoms with Crippen molar-refractivity contribution >= 4 is 51.7 Å². The maximum Gasteiger partial charge on any atom is 0.269 e. The Morgan fingerprint density at radius 1 is 1.22 bits per heavy atom. The highest BCUT2D eigenvalue weighted by atomic mass is 32.2. The van der Waals surface area contributed by atoms with E-state index in [9.17, 15) is 14.9 Å². The van der Waals surface area contributed by atoms with Crippen molar-refractivity contribution in [1.29, 1.82) is 0 Å². The first kappa shape index (κ1) is 18.9. The number of methoxy groups -OCH3 is 1. The molecule has 3 rings (SSSR count). The molecule has 0 saturated carbocycles. The van der Waals surface area contributed by atoms with Gasteiger partial charge in [0.1, 0.15) is 10.1 Å². The quantitative estimate of drug-likeness (QED) is 0.340. The van der Waals surface area contributed by atoms with Crippen LogP contribution in [0.25, 0.3) is 6.08 Å². The van der Waals surface area contributed by atoms with Gasteiger partial charge in [0.15, 0.2) is 0 Å². The predicted octanol–water partition coefficient (Wildman–Crippen LogP) is 3.87. The Morgan fingerprint density at radius 2 is 1.89 bits per heavy atom. The lowest BCUT2D eigenvalue weighted by atomic mass is 10.2. The molecule has 0 radical (unpaired) electrons. The molecule has 7 nitrogen and oxygen atoms in total. The molecule has 27 heavy (non-hydrogen) atoms. The van der Waals surface area contributed by atoms with Crippen LogP contribution >= 0.6 is 24.0 Å². The average molecular weight is 401 g/mol. The lowest BCUT2D eigenvalue weighted by Crippen LogP contribution is -2.33. The van der Waals surface area contributed by atoms with Gasteiger partial charge in [-0.25, -0.2) is 0 Å². The average Bonchev–Trinajstić information content (AvgIpc) is 2.94. The Morgan fingerprint density at radius 3 is 2.48 bits per heavy atom. The zero-order valence-corrected chi connectivity index (χ0v) is 15.9. The number of benzene rings is 2. The lowest BCUT2D eigenvalue weighted by Gasteiger charge is -2.16. The maximum absolute atomic E-state index is 12.6. The zero-order valence-electron chi connectivity index (χ0n) is 14.2. The second kappa shape index (κ2) is 8.19. The van der Waals surface area contributed by atoms with Crippen LogP contribution in [0.5, 0.6) is 5.75 Å². The fourth-order valence-corrected chi connectivity index (χ4v) is 3.61. The number of ether oxygens (including phenoxy) is 1. The Bertz CT molecular complexity index is 911. The summed E-state index contributed by atoms with van der Waals surface area (Å²) in [5.74, 6) is 0.543. The third-order valence-electron chi connectivity index (χ3n) is 3.81. The van der Waals surface area contributed by atoms with Gasteiger partial charge >= 0.3 is 0 Å². The third kappa shape index (κ3) is 4.44. The van der Waals surface area contributed by atoms with E-state index in [0.29, 0.717) is 14.8 Å². The van der Waals surface area contributed by atoms with E-state index in [4.69, 9.17) is 17.0 Å². The largest absolute Gasteiger partial charge is 0.497 e. The molecule has 138 valence electrons. The third-order valence-corrected chi connectivity index (χ3v) is 5.18. The number of nitrogens with one attached hydrogen (secondary N) is 1. The van der Waals surface area contributed by atoms with Crippen LogP contribution in [-0.4, -0.2) is 33.8 Å². The van der Waals surface area contributed by atoms with Crippen LogP contribution in [0.15, 0.2) is 53.4 Å². The van der Waals surface area contributed by atoms with E-state index in [2.05, 4.69) is 5.32 Å². The highest BCUT2D eigenvalue weighted by molar-refractivity contribution is 8.26. The molecular formula is C18H15N3O4S2. The second-order valence-electron chi connectivity index (χ2n) is 5.52. The number of amides is 1. The van der Waals surface area contributed by atoms with Crippen molar-refractivity contribution in [2.24, 2.45) is 0 Å². The number of non-ortho nitro benzene ring substituents is 1. The number of nitro benzene ring substituents is 1. The van der Waals surface area contributed by atoms with Crippen molar-refractivity contribution in [3.8, 4) is 5.75 Å². The summed E-state index contributed by atoms with van der Waals surface area (Å²) in [7, 11) is 1.60. The number of thioether (sulfide) groups is 1. The zero-order chi connectivity index (χ0) is 19.4. The molecule has 1 heterocycles. The minimum atomic E-state index is -0.464. The molecule has 1 aliphatic heterocycles. The van der Waals surface area contributed by atoms with Crippen LogP contribution in [0.2, 0.25) is 0 Å². The molecule has 1 fully saturated rings. The van der Waals surface area contributed by atoms with Crippen LogP contribution in [0.4, 0.5) is 11.4 Å². The van der Waals surface area contributed by atoms with Gasteiger partial charge in [0.05, 0.1) is 23.6 Å². The molecule has 0 bridgehead atoms. The molecule has 9 heteroatoms. The Balaban J connectivity index is 1.67. The van der Waals surface area contributed by atoms with Crippen molar-refractivity contribution in [3.05, 3.63) is 69.1 Å². The number of thiocarbonyl (C=S) groups is 1. The number of carbonyl (C=O) groups is 1. The second-order valence-corrected chi connectivity index (χ2v) is 7.20. The molecule has 0 spiro atoms. The van der Waals surface area contributed by atoms with E-state index in [1.807, 2.05) is 24.3 Å². The highest BCUT2D eigenvalue weighted by Crippen LogP contribution is 2.32. The van der Waals surface area contributed by atoms with Gasteiger partial charge in [-0.1, -0.05) is 24.0 Å². The Hall–Kier alpha value is -2.91. The van der Waals surface area contributed by atoms with Crippen molar-refractivity contribution in [3.63, 3.8) is 0 Å². The number of hydrogen-bond acceptors (Lipinski definition) is 7. The van der Waals surface area contributed by atoms with Gasteiger partial charge in [-0.05, 0) is 48.0 Å². The van der Waals surface area contributed by atoms with E-state index < -0.39 is 4.92 Å². The molecule has 1 N–H and O–H groups in total. The lowest BCUT2D eigenvalue weighted by molar-refractivity contribution is -0.384. The smallest absolute Gasteiger partial charge is 0.269 e. The summed E-state index contributed by atoms with van der Waals surface area (Å²) in [6.07, 6.45) is 1.68. The van der Waals surface area contributed by atoms with Gasteiger partial charge in [0.25, 0.3) is 11.6 Å². The van der Waals surface area contributed by atoms with Gasteiger partial charge < -0.3 is 10.1 Å². The fraction of sp³-hybridized carbons (Fsp3) is 0.111. The standard InChI is InChI=1S/C18H15N3O4S2/c1-25-15-8-4-13(5-9-15)19-11-20-17(22)16(27-18(20)26)10-12-2-6-14(7-3-12)21(23)24/h2-10,19H,11H2,1H3/b16-10+. The minimum absolute atomic E-state index is 0.00314. The number of hydrogen-bond donors (Lipinski definition) is 1. The van der Waals surface area contributed by atoms with Gasteiger partial charge in [0.2, 0.25) is 0 Å². The Labute approximate surface area is 165 Å². The molecule has 0 atom stereocenters. The van der Waals surface area contributed by atoms with Gasteiger partial charge in [-0.2, -0.15) is 0 Å². The maximum atomic E-state index is 12.6. The predicted molar refractivity (Wildman–Crippen MR) is 110 cm³/mol. The molecule has 1 amide bonds. The number of nitro groups is 1. The number of nitrogens with zero attached hydrogens (tertiary/aromatic N) is 2. The normalized spacial score (nSPS) is 15.3. The molecule has 2 aromatic rings. The minimum Gasteiger partial charge on any atom is -0.497 e. The first-order chi connectivity index (χ1) is 13.0. The molecule has 1 aliphatic rings. The molecular weight excluding hydrogens is 386 g/mol. The number of carbonyl (C=O) groups excluding carboxylic acids is 1. The van der Waals surface area contributed by atoms with Crippen LogP contribution in [0.3, 0.4) is 0 Å². The van der Waals surface area contributed by atoms with Crippen LogP contribution < -0.4 is 10.1 Å². The molecule has 1 saturated heterocycles. The monoisotopic (exact) mass is 401 g/mol. The summed E-state index contributed by atoms with van der Waals surface area (Å²) in [5, 5.41) is 13.9. The summed E-state index contributed by atoms with van der Waals surface area (Å²) >= 11 is 6.50. The molecule has 2 aromatic carbocycles. The van der Waals surface area contributed by atoms with Crippen molar-refractivity contribution in [2.45, 2.75) is 0 Å². The van der Waals surface area contributed by atoms with Gasteiger partial charge in [-0.15, -0.1) is 0 Å². The highest BCUT2D eigenvalue weighted by Gasteiger charge is 2.31. The summed E-state index contributed by atoms with van der Waals surface area (Å²) in [6.45, 7) is 0.245. The first-order valence-electron chi connectivity index (χ1n) is 7.85. The van der Waals surface area contributed by atoms with Crippen LogP contribution in [0.1, 0.15) is 5.56 Å². The SMILES string of the molecule is COc1ccc(NCN2C(=O)/C(=C\c3ccc([N+](=O)[O-])cc3)SC2=S)cc1. The van der Waals surface area contributed by atoms with Crippen molar-refractivity contribution < 1.29 is 14.5 Å².